The second-order valence-corrected chi connectivity index (χ2v) is 4.69. The van der Waals surface area contributed by atoms with Crippen LogP contribution in [0.15, 0.2) is 17.3 Å². The number of hydrogen-bond acceptors (Lipinski definition) is 3. The van der Waals surface area contributed by atoms with E-state index in [0.717, 1.165) is 36.9 Å². The van der Waals surface area contributed by atoms with Crippen LogP contribution >= 0.6 is 11.8 Å². The van der Waals surface area contributed by atoms with Gasteiger partial charge in [0.05, 0.1) is 11.1 Å². The van der Waals surface area contributed by atoms with Crippen molar-refractivity contribution < 1.29 is 18.0 Å². The predicted octanol–water partition coefficient (Wildman–Crippen LogP) is 3.09. The van der Waals surface area contributed by atoms with Gasteiger partial charge in [-0.3, -0.25) is 4.79 Å². The van der Waals surface area contributed by atoms with Gasteiger partial charge in [0.15, 0.2) is 0 Å². The van der Waals surface area contributed by atoms with E-state index in [1.807, 2.05) is 6.92 Å². The van der Waals surface area contributed by atoms with E-state index in [0.29, 0.717) is 5.75 Å². The van der Waals surface area contributed by atoms with Crippen molar-refractivity contribution in [1.82, 2.24) is 4.98 Å². The molecule has 0 saturated carbocycles. The minimum atomic E-state index is -4.60. The topological polar surface area (TPSA) is 56.0 Å². The van der Waals surface area contributed by atoms with Crippen LogP contribution in [0.1, 0.15) is 35.7 Å². The van der Waals surface area contributed by atoms with Crippen LogP contribution in [0.3, 0.4) is 0 Å². The molecule has 0 atom stereocenters. The lowest BCUT2D eigenvalue weighted by atomic mass is 10.1. The summed E-state index contributed by atoms with van der Waals surface area (Å²) in [7, 11) is 0. The zero-order valence-electron chi connectivity index (χ0n) is 9.75. The third-order valence-electron chi connectivity index (χ3n) is 2.20. The molecule has 0 saturated heterocycles. The van der Waals surface area contributed by atoms with Crippen LogP contribution in [0.2, 0.25) is 0 Å². The predicted molar refractivity (Wildman–Crippen MR) is 63.4 cm³/mol. The van der Waals surface area contributed by atoms with Crippen LogP contribution in [-0.4, -0.2) is 16.6 Å². The van der Waals surface area contributed by atoms with Crippen molar-refractivity contribution in [3.63, 3.8) is 0 Å². The van der Waals surface area contributed by atoms with E-state index in [4.69, 9.17) is 5.73 Å². The highest BCUT2D eigenvalue weighted by Gasteiger charge is 2.36. The molecule has 1 aromatic heterocycles. The normalized spacial score (nSPS) is 11.6. The molecule has 3 nitrogen and oxygen atoms in total. The largest absolute Gasteiger partial charge is 0.417 e. The Morgan fingerprint density at radius 3 is 2.67 bits per heavy atom. The minimum Gasteiger partial charge on any atom is -0.366 e. The van der Waals surface area contributed by atoms with Crippen LogP contribution in [0.4, 0.5) is 13.2 Å². The standard InChI is InChI=1S/C11H13F3N2OS/c1-2-3-6-18-10-8(9(15)17)7(4-5-16-10)11(12,13)14/h4-5H,2-3,6H2,1H3,(H2,15,17). The number of primary amides is 1. The maximum Gasteiger partial charge on any atom is 0.417 e. The smallest absolute Gasteiger partial charge is 0.366 e. The average Bonchev–Trinajstić information content (AvgIpc) is 2.27. The summed E-state index contributed by atoms with van der Waals surface area (Å²) in [6.07, 6.45) is -1.81. The highest BCUT2D eigenvalue weighted by atomic mass is 32.2. The molecule has 0 radical (unpaired) electrons. The average molecular weight is 278 g/mol. The number of unbranched alkanes of at least 4 members (excludes halogenated alkanes) is 1. The fourth-order valence-electron chi connectivity index (χ4n) is 1.34. The summed E-state index contributed by atoms with van der Waals surface area (Å²) in [4.78, 5) is 15.0. The van der Waals surface area contributed by atoms with E-state index in [2.05, 4.69) is 4.98 Å². The third kappa shape index (κ3) is 3.63. The maximum atomic E-state index is 12.7. The van der Waals surface area contributed by atoms with Gasteiger partial charge < -0.3 is 5.73 Å². The van der Waals surface area contributed by atoms with E-state index in [-0.39, 0.29) is 5.03 Å². The first-order valence-corrected chi connectivity index (χ1v) is 6.35. The highest BCUT2D eigenvalue weighted by Crippen LogP contribution is 2.35. The highest BCUT2D eigenvalue weighted by molar-refractivity contribution is 7.99. The quantitative estimate of drug-likeness (QED) is 0.665. The molecular weight excluding hydrogens is 265 g/mol. The number of hydrogen-bond donors (Lipinski definition) is 1. The number of thioether (sulfide) groups is 1. The summed E-state index contributed by atoms with van der Waals surface area (Å²) in [5, 5.41) is 0.0470. The molecule has 0 fully saturated rings. The molecule has 0 spiro atoms. The van der Waals surface area contributed by atoms with Gasteiger partial charge in [-0.25, -0.2) is 4.98 Å². The molecule has 1 amide bonds. The Morgan fingerprint density at radius 1 is 1.50 bits per heavy atom. The van der Waals surface area contributed by atoms with Gasteiger partial charge in [0.2, 0.25) is 0 Å². The number of nitrogens with two attached hydrogens (primary N) is 1. The first-order valence-electron chi connectivity index (χ1n) is 5.36. The molecule has 2 N–H and O–H groups in total. The molecule has 0 aliphatic heterocycles. The second kappa shape index (κ2) is 6.08. The molecule has 0 bridgehead atoms. The van der Waals surface area contributed by atoms with Crippen LogP contribution < -0.4 is 5.73 Å². The molecule has 1 heterocycles. The van der Waals surface area contributed by atoms with Crippen LogP contribution in [0.25, 0.3) is 0 Å². The van der Waals surface area contributed by atoms with Crippen LogP contribution in [-0.2, 0) is 6.18 Å². The fraction of sp³-hybridized carbons (Fsp3) is 0.455. The molecule has 0 unspecified atom stereocenters. The molecule has 7 heteroatoms. The van der Waals surface area contributed by atoms with Crippen LogP contribution in [0, 0.1) is 0 Å². The zero-order valence-corrected chi connectivity index (χ0v) is 10.6. The Hall–Kier alpha value is -1.24. The van der Waals surface area contributed by atoms with Crippen molar-refractivity contribution in [3.05, 3.63) is 23.4 Å². The summed E-state index contributed by atoms with van der Waals surface area (Å²) in [6, 6.07) is 0.768. The van der Waals surface area contributed by atoms with Gasteiger partial charge in [0.1, 0.15) is 5.03 Å². The molecule has 0 aromatic carbocycles. The zero-order chi connectivity index (χ0) is 13.8. The summed E-state index contributed by atoms with van der Waals surface area (Å²) in [5.41, 5.74) is 3.46. The second-order valence-electron chi connectivity index (χ2n) is 3.60. The Kier molecular flexibility index (Phi) is 5.01. The number of carbonyl (C=O) groups excluding carboxylic acids is 1. The number of alkyl halides is 3. The van der Waals surface area contributed by atoms with Crippen molar-refractivity contribution >= 4 is 17.7 Å². The number of amides is 1. The van der Waals surface area contributed by atoms with Crippen molar-refractivity contribution in [2.24, 2.45) is 5.73 Å². The van der Waals surface area contributed by atoms with Gasteiger partial charge in [0, 0.05) is 6.20 Å². The molecular formula is C11H13F3N2OS. The lowest BCUT2D eigenvalue weighted by molar-refractivity contribution is -0.138. The first-order chi connectivity index (χ1) is 8.38. The van der Waals surface area contributed by atoms with Crippen molar-refractivity contribution in [1.29, 1.82) is 0 Å². The molecule has 0 aliphatic carbocycles. The number of halogens is 3. The van der Waals surface area contributed by atoms with E-state index >= 15 is 0 Å². The summed E-state index contributed by atoms with van der Waals surface area (Å²) in [6.45, 7) is 1.97. The Bertz CT molecular complexity index is 435. The van der Waals surface area contributed by atoms with E-state index in [9.17, 15) is 18.0 Å². The summed E-state index contributed by atoms with van der Waals surface area (Å²) >= 11 is 1.12. The monoisotopic (exact) mass is 278 g/mol. The fourth-order valence-corrected chi connectivity index (χ4v) is 2.46. The number of pyridine rings is 1. The maximum absolute atomic E-state index is 12.7. The van der Waals surface area contributed by atoms with Crippen LogP contribution in [0.5, 0.6) is 0 Å². The van der Waals surface area contributed by atoms with Gasteiger partial charge >= 0.3 is 6.18 Å². The lowest BCUT2D eigenvalue weighted by Crippen LogP contribution is -2.20. The van der Waals surface area contributed by atoms with Gasteiger partial charge in [-0.1, -0.05) is 13.3 Å². The number of carbonyl (C=O) groups is 1. The van der Waals surface area contributed by atoms with E-state index in [1.54, 1.807) is 0 Å². The molecule has 1 aromatic rings. The molecule has 1 rings (SSSR count). The van der Waals surface area contributed by atoms with Crippen molar-refractivity contribution in [2.75, 3.05) is 5.75 Å². The van der Waals surface area contributed by atoms with E-state index in [1.165, 1.54) is 0 Å². The summed E-state index contributed by atoms with van der Waals surface area (Å²) < 4.78 is 38.2. The SMILES string of the molecule is CCCCSc1nccc(C(F)(F)F)c1C(N)=O. The number of rotatable bonds is 5. The lowest BCUT2D eigenvalue weighted by Gasteiger charge is -2.13. The van der Waals surface area contributed by atoms with E-state index < -0.39 is 23.2 Å². The molecule has 18 heavy (non-hydrogen) atoms. The van der Waals surface area contributed by atoms with Gasteiger partial charge in [-0.15, -0.1) is 11.8 Å². The minimum absolute atomic E-state index is 0.0470. The Labute approximate surface area is 107 Å². The van der Waals surface area contributed by atoms with Gasteiger partial charge in [-0.05, 0) is 18.2 Å². The van der Waals surface area contributed by atoms with Crippen molar-refractivity contribution in [2.45, 2.75) is 31.0 Å². The number of nitrogens with zero attached hydrogens (tertiary/aromatic N) is 1. The van der Waals surface area contributed by atoms with Gasteiger partial charge in [0.25, 0.3) is 5.91 Å². The molecule has 100 valence electrons. The molecule has 0 aliphatic rings. The van der Waals surface area contributed by atoms with Crippen molar-refractivity contribution in [3.8, 4) is 0 Å². The number of aromatic nitrogens is 1. The van der Waals surface area contributed by atoms with Gasteiger partial charge in [-0.2, -0.15) is 13.2 Å². The first kappa shape index (κ1) is 14.8. The Morgan fingerprint density at radius 2 is 2.17 bits per heavy atom. The Balaban J connectivity index is 3.14. The summed E-state index contributed by atoms with van der Waals surface area (Å²) in [5.74, 6) is -0.500. The third-order valence-corrected chi connectivity index (χ3v) is 3.28.